The molecule has 0 radical (unpaired) electrons. The van der Waals surface area contributed by atoms with Crippen LogP contribution in [0.5, 0.6) is 11.5 Å². The SMILES string of the molecule is O=C(Cc1ccc(Oc2ccnc3cc(-c4ccc(CN5CCN(C(=O)CO)CC5)cn4)sc23)c(F)c1)CC1CC1. The fourth-order valence-electron chi connectivity index (χ4n) is 5.10. The second kappa shape index (κ2) is 12.0. The summed E-state index contributed by atoms with van der Waals surface area (Å²) in [6, 6.07) is 12.4. The number of aliphatic hydroxyl groups excluding tert-OH is 1. The number of ether oxygens (including phenoxy) is 1. The summed E-state index contributed by atoms with van der Waals surface area (Å²) in [5, 5.41) is 9.05. The van der Waals surface area contributed by atoms with Crippen molar-refractivity contribution in [2.75, 3.05) is 32.8 Å². The van der Waals surface area contributed by atoms with Gasteiger partial charge in [0.15, 0.2) is 11.6 Å². The fraction of sp³-hybridized carbons (Fsp3) is 0.355. The van der Waals surface area contributed by atoms with E-state index in [0.29, 0.717) is 36.7 Å². The van der Waals surface area contributed by atoms with E-state index in [0.717, 1.165) is 58.8 Å². The van der Waals surface area contributed by atoms with Gasteiger partial charge in [0.25, 0.3) is 0 Å². The largest absolute Gasteiger partial charge is 0.453 e. The molecule has 10 heteroatoms. The first kappa shape index (κ1) is 27.4. The van der Waals surface area contributed by atoms with Gasteiger partial charge in [-0.05, 0) is 54.2 Å². The average Bonchev–Trinajstić information content (AvgIpc) is 3.68. The monoisotopic (exact) mass is 574 g/mol. The standard InChI is InChI=1S/C31H31FN4O4S/c32-24-15-21(14-23(38)13-20-1-2-20)4-6-27(24)40-28-7-8-33-26-16-29(41-31(26)28)25-5-3-22(17-34-25)18-35-9-11-36(12-10-35)30(39)19-37/h3-8,15-17,20,37H,1-2,9-14,18-19H2. The lowest BCUT2D eigenvalue weighted by molar-refractivity contribution is -0.136. The number of piperazine rings is 1. The molecule has 1 amide bonds. The van der Waals surface area contributed by atoms with Gasteiger partial charge < -0.3 is 14.7 Å². The van der Waals surface area contributed by atoms with Crippen LogP contribution >= 0.6 is 11.3 Å². The van der Waals surface area contributed by atoms with E-state index in [4.69, 9.17) is 9.84 Å². The van der Waals surface area contributed by atoms with Gasteiger partial charge in [-0.3, -0.25) is 24.5 Å². The van der Waals surface area contributed by atoms with E-state index in [1.54, 1.807) is 29.3 Å². The van der Waals surface area contributed by atoms with E-state index in [-0.39, 0.29) is 23.9 Å². The van der Waals surface area contributed by atoms with Gasteiger partial charge in [-0.25, -0.2) is 4.39 Å². The second-order valence-corrected chi connectivity index (χ2v) is 11.8. The molecule has 1 N–H and O–H groups in total. The number of pyridine rings is 2. The molecule has 3 aromatic heterocycles. The number of benzene rings is 1. The maximum absolute atomic E-state index is 14.9. The highest BCUT2D eigenvalue weighted by Crippen LogP contribution is 2.39. The zero-order chi connectivity index (χ0) is 28.3. The molecule has 1 saturated carbocycles. The predicted molar refractivity (Wildman–Crippen MR) is 154 cm³/mol. The van der Waals surface area contributed by atoms with Gasteiger partial charge in [-0.2, -0.15) is 0 Å². The van der Waals surface area contributed by atoms with Crippen LogP contribution in [0.3, 0.4) is 0 Å². The summed E-state index contributed by atoms with van der Waals surface area (Å²) in [6.45, 7) is 3.01. The van der Waals surface area contributed by atoms with Gasteiger partial charge >= 0.3 is 0 Å². The van der Waals surface area contributed by atoms with Crippen molar-refractivity contribution in [3.05, 3.63) is 71.8 Å². The molecule has 0 bridgehead atoms. The lowest BCUT2D eigenvalue weighted by atomic mass is 10.0. The number of fused-ring (bicyclic) bond motifs is 1. The zero-order valence-corrected chi connectivity index (χ0v) is 23.4. The van der Waals surface area contributed by atoms with Crippen LogP contribution in [0.4, 0.5) is 4.39 Å². The molecule has 0 unspecified atom stereocenters. The number of carbonyl (C=O) groups excluding carboxylic acids is 2. The quantitative estimate of drug-likeness (QED) is 0.290. The first-order valence-corrected chi connectivity index (χ1v) is 14.7. The number of Topliss-reactive ketones (excluding diaryl/α,β-unsaturated/α-hetero) is 1. The van der Waals surface area contributed by atoms with Crippen LogP contribution in [0.15, 0.2) is 54.9 Å². The number of aliphatic hydroxyl groups is 1. The number of rotatable bonds is 10. The molecule has 41 heavy (non-hydrogen) atoms. The Balaban J connectivity index is 1.11. The number of thiophene rings is 1. The molecule has 1 aliphatic carbocycles. The van der Waals surface area contributed by atoms with E-state index < -0.39 is 12.4 Å². The van der Waals surface area contributed by atoms with Gasteiger partial charge in [-0.15, -0.1) is 11.3 Å². The van der Waals surface area contributed by atoms with Crippen molar-refractivity contribution in [3.8, 4) is 22.1 Å². The third kappa shape index (κ3) is 6.61. The topological polar surface area (TPSA) is 95.9 Å². The molecule has 8 nitrogen and oxygen atoms in total. The number of ketones is 1. The van der Waals surface area contributed by atoms with Gasteiger partial charge in [0.1, 0.15) is 18.1 Å². The summed E-state index contributed by atoms with van der Waals surface area (Å²) in [5.41, 5.74) is 3.29. The van der Waals surface area contributed by atoms with Crippen molar-refractivity contribution in [1.82, 2.24) is 19.8 Å². The summed E-state index contributed by atoms with van der Waals surface area (Å²) < 4.78 is 21.7. The molecule has 1 saturated heterocycles. The van der Waals surface area contributed by atoms with E-state index in [9.17, 15) is 14.0 Å². The molecule has 0 spiro atoms. The molecular formula is C31H31FN4O4S. The summed E-state index contributed by atoms with van der Waals surface area (Å²) >= 11 is 1.49. The lowest BCUT2D eigenvalue weighted by Gasteiger charge is -2.34. The summed E-state index contributed by atoms with van der Waals surface area (Å²) in [7, 11) is 0. The molecule has 1 aromatic carbocycles. The van der Waals surface area contributed by atoms with Crippen molar-refractivity contribution >= 4 is 33.2 Å². The van der Waals surface area contributed by atoms with Crippen molar-refractivity contribution in [2.24, 2.45) is 5.92 Å². The van der Waals surface area contributed by atoms with E-state index in [1.807, 2.05) is 18.3 Å². The molecule has 2 aliphatic rings. The van der Waals surface area contributed by atoms with Crippen LogP contribution < -0.4 is 4.74 Å². The number of amides is 1. The number of hydrogen-bond acceptors (Lipinski definition) is 8. The Morgan fingerprint density at radius 1 is 1.00 bits per heavy atom. The number of nitrogens with zero attached hydrogens (tertiary/aromatic N) is 4. The third-order valence-corrected chi connectivity index (χ3v) is 8.71. The van der Waals surface area contributed by atoms with Crippen LogP contribution in [0.2, 0.25) is 0 Å². The highest BCUT2D eigenvalue weighted by atomic mass is 32.1. The summed E-state index contributed by atoms with van der Waals surface area (Å²) in [6.07, 6.45) is 6.57. The van der Waals surface area contributed by atoms with E-state index in [1.165, 1.54) is 17.4 Å². The first-order valence-electron chi connectivity index (χ1n) is 13.9. The number of hydrogen-bond donors (Lipinski definition) is 1. The zero-order valence-electron chi connectivity index (χ0n) is 22.6. The number of aromatic nitrogens is 2. The van der Waals surface area contributed by atoms with E-state index in [2.05, 4.69) is 20.9 Å². The van der Waals surface area contributed by atoms with Crippen LogP contribution in [0.1, 0.15) is 30.4 Å². The van der Waals surface area contributed by atoms with Crippen LogP contribution in [0, 0.1) is 11.7 Å². The minimum absolute atomic E-state index is 0.106. The van der Waals surface area contributed by atoms with E-state index >= 15 is 0 Å². The molecule has 4 aromatic rings. The predicted octanol–water partition coefficient (Wildman–Crippen LogP) is 4.84. The molecule has 212 valence electrons. The molecule has 2 fully saturated rings. The summed E-state index contributed by atoms with van der Waals surface area (Å²) in [4.78, 5) is 37.9. The normalized spacial score (nSPS) is 15.8. The van der Waals surface area contributed by atoms with Crippen molar-refractivity contribution in [1.29, 1.82) is 0 Å². The maximum atomic E-state index is 14.9. The van der Waals surface area contributed by atoms with Crippen molar-refractivity contribution in [2.45, 2.75) is 32.2 Å². The lowest BCUT2D eigenvalue weighted by Crippen LogP contribution is -2.49. The number of carbonyl (C=O) groups is 2. The minimum atomic E-state index is -0.498. The Hall–Kier alpha value is -3.73. The van der Waals surface area contributed by atoms with Crippen LogP contribution in [0.25, 0.3) is 20.8 Å². The Kier molecular flexibility index (Phi) is 8.04. The Morgan fingerprint density at radius 3 is 2.51 bits per heavy atom. The maximum Gasteiger partial charge on any atom is 0.248 e. The molecule has 1 aliphatic heterocycles. The van der Waals surface area contributed by atoms with Crippen LogP contribution in [-0.4, -0.2) is 69.4 Å². The van der Waals surface area contributed by atoms with Gasteiger partial charge in [-0.1, -0.05) is 12.1 Å². The number of halogens is 1. The summed E-state index contributed by atoms with van der Waals surface area (Å²) in [5.74, 6) is 0.568. The Morgan fingerprint density at radius 2 is 1.80 bits per heavy atom. The second-order valence-electron chi connectivity index (χ2n) is 10.7. The third-order valence-electron chi connectivity index (χ3n) is 7.55. The average molecular weight is 575 g/mol. The van der Waals surface area contributed by atoms with Crippen molar-refractivity contribution < 1.29 is 23.8 Å². The van der Waals surface area contributed by atoms with Gasteiger partial charge in [0.2, 0.25) is 5.91 Å². The minimum Gasteiger partial charge on any atom is -0.453 e. The first-order chi connectivity index (χ1) is 19.9. The van der Waals surface area contributed by atoms with Crippen molar-refractivity contribution in [3.63, 3.8) is 0 Å². The smallest absolute Gasteiger partial charge is 0.248 e. The highest BCUT2D eigenvalue weighted by Gasteiger charge is 2.24. The highest BCUT2D eigenvalue weighted by molar-refractivity contribution is 7.22. The molecule has 0 atom stereocenters. The molecule has 6 rings (SSSR count). The van der Waals surface area contributed by atoms with Gasteiger partial charge in [0, 0.05) is 64.0 Å². The Bertz CT molecular complexity index is 1560. The van der Waals surface area contributed by atoms with Crippen LogP contribution in [-0.2, 0) is 22.6 Å². The fourth-order valence-corrected chi connectivity index (χ4v) is 6.14. The molecular weight excluding hydrogens is 543 g/mol. The molecule has 4 heterocycles. The van der Waals surface area contributed by atoms with Gasteiger partial charge in [0.05, 0.1) is 20.8 Å². The Labute approximate surface area is 241 Å².